The maximum Gasteiger partial charge on any atom is -0.00675 e. The summed E-state index contributed by atoms with van der Waals surface area (Å²) in [5.41, 5.74) is 0. The summed E-state index contributed by atoms with van der Waals surface area (Å²) in [6, 6.07) is 0. The van der Waals surface area contributed by atoms with E-state index in [0.29, 0.717) is 0 Å². The number of hydrogen-bond donors (Lipinski definition) is 0. The van der Waals surface area contributed by atoms with E-state index < -0.39 is 0 Å². The summed E-state index contributed by atoms with van der Waals surface area (Å²) in [6.45, 7) is 8.63. The van der Waals surface area contributed by atoms with E-state index in [1.54, 1.807) is 0 Å². The molecule has 0 nitrogen and oxygen atoms in total. The first-order valence-corrected chi connectivity index (χ1v) is 20.8. The number of rotatable bonds is 37. The van der Waals surface area contributed by atoms with Crippen LogP contribution in [0.2, 0.25) is 0 Å². The molecule has 0 aromatic rings. The van der Waals surface area contributed by atoms with E-state index in [2.05, 4.69) is 32.5 Å². The normalized spacial score (nSPS) is 11.7. The summed E-state index contributed by atoms with van der Waals surface area (Å²) in [5.74, 6) is 3.71. The minimum Gasteiger partial charge on any atom is -0.162 e. The summed E-state index contributed by atoms with van der Waals surface area (Å²) in [4.78, 5) is 0. The highest BCUT2D eigenvalue weighted by atomic mass is 32.2. The second-order valence-electron chi connectivity index (χ2n) is 14.0. The van der Waals surface area contributed by atoms with Crippen LogP contribution in [-0.4, -0.2) is 11.5 Å². The van der Waals surface area contributed by atoms with Gasteiger partial charge in [0.25, 0.3) is 0 Å². The lowest BCUT2D eigenvalue weighted by Gasteiger charge is -2.05. The summed E-state index contributed by atoms with van der Waals surface area (Å²) in [6.07, 6.45) is 49.6. The van der Waals surface area contributed by atoms with Crippen molar-refractivity contribution in [2.24, 2.45) is 5.92 Å². The zero-order valence-corrected chi connectivity index (χ0v) is 30.0. The molecule has 0 heterocycles. The first kappa shape index (κ1) is 41.4. The van der Waals surface area contributed by atoms with Crippen LogP contribution >= 0.6 is 11.8 Å². The lowest BCUT2D eigenvalue weighted by Crippen LogP contribution is -1.88. The maximum absolute atomic E-state index is 3.93. The maximum atomic E-state index is 3.93. The molecule has 0 atom stereocenters. The fourth-order valence-corrected chi connectivity index (χ4v) is 7.21. The molecule has 247 valence electrons. The second-order valence-corrected chi connectivity index (χ2v) is 15.2. The van der Waals surface area contributed by atoms with Gasteiger partial charge in [-0.1, -0.05) is 226 Å². The molecule has 1 heteroatoms. The molecule has 1 radical (unpaired) electrons. The van der Waals surface area contributed by atoms with Crippen molar-refractivity contribution in [3.05, 3.63) is 6.92 Å². The SMILES string of the molecule is [CH2]CCCCCCCCCCCCCCCCCCCCCCCCCCCSCCCCCCCCCC(C)C. The summed E-state index contributed by atoms with van der Waals surface area (Å²) < 4.78 is 0. The summed E-state index contributed by atoms with van der Waals surface area (Å²) in [7, 11) is 0. The number of thioether (sulfide) groups is 1. The van der Waals surface area contributed by atoms with Crippen LogP contribution in [0.5, 0.6) is 0 Å². The highest BCUT2D eigenvalue weighted by Gasteiger charge is 1.98. The lowest BCUT2D eigenvalue weighted by atomic mass is 10.0. The molecule has 0 aliphatic heterocycles. The van der Waals surface area contributed by atoms with Gasteiger partial charge in [-0.15, -0.1) is 0 Å². The lowest BCUT2D eigenvalue weighted by molar-refractivity contribution is 0.511. The minimum absolute atomic E-state index is 0.893. The average molecular weight is 594 g/mol. The Morgan fingerprint density at radius 2 is 0.537 bits per heavy atom. The fourth-order valence-electron chi connectivity index (χ4n) is 6.19. The van der Waals surface area contributed by atoms with Crippen LogP contribution in [0.3, 0.4) is 0 Å². The van der Waals surface area contributed by atoms with E-state index in [4.69, 9.17) is 0 Å². The third-order valence-electron chi connectivity index (χ3n) is 9.11. The molecule has 0 aromatic heterocycles. The third-order valence-corrected chi connectivity index (χ3v) is 10.3. The Labute approximate surface area is 267 Å². The van der Waals surface area contributed by atoms with Gasteiger partial charge in [0.05, 0.1) is 0 Å². The molecule has 0 N–H and O–H groups in total. The van der Waals surface area contributed by atoms with Gasteiger partial charge in [0, 0.05) is 0 Å². The van der Waals surface area contributed by atoms with Crippen LogP contribution in [0.15, 0.2) is 0 Å². The molecule has 0 saturated heterocycles. The number of hydrogen-bond acceptors (Lipinski definition) is 1. The predicted molar refractivity (Wildman–Crippen MR) is 194 cm³/mol. The Kier molecular flexibility index (Phi) is 38.7. The van der Waals surface area contributed by atoms with Crippen LogP contribution in [0, 0.1) is 12.8 Å². The molecule has 0 amide bonds. The van der Waals surface area contributed by atoms with Crippen molar-refractivity contribution in [2.75, 3.05) is 11.5 Å². The number of unbranched alkanes of at least 4 members (excludes halogenated alkanes) is 31. The molecule has 0 rings (SSSR count). The predicted octanol–water partition coefficient (Wildman–Crippen LogP) is 15.5. The van der Waals surface area contributed by atoms with E-state index in [9.17, 15) is 0 Å². The van der Waals surface area contributed by atoms with E-state index in [1.807, 2.05) is 0 Å². The van der Waals surface area contributed by atoms with Crippen LogP contribution < -0.4 is 0 Å². The van der Waals surface area contributed by atoms with Crippen molar-refractivity contribution in [1.29, 1.82) is 0 Å². The molecule has 0 fully saturated rings. The Hall–Kier alpha value is 0.350. The molecule has 41 heavy (non-hydrogen) atoms. The van der Waals surface area contributed by atoms with Crippen molar-refractivity contribution in [1.82, 2.24) is 0 Å². The Bertz CT molecular complexity index is 431. The Morgan fingerprint density at radius 3 is 0.780 bits per heavy atom. The van der Waals surface area contributed by atoms with Crippen molar-refractivity contribution in [2.45, 2.75) is 232 Å². The molecule has 0 unspecified atom stereocenters. The highest BCUT2D eigenvalue weighted by molar-refractivity contribution is 7.99. The van der Waals surface area contributed by atoms with Crippen LogP contribution in [0.4, 0.5) is 0 Å². The first-order chi connectivity index (χ1) is 20.3. The molecule has 0 aliphatic rings. The molecular formula is C40H81S. The second kappa shape index (κ2) is 38.4. The Balaban J connectivity index is 3.03. The zero-order valence-electron chi connectivity index (χ0n) is 29.1. The minimum atomic E-state index is 0.893. The molecule has 0 bridgehead atoms. The van der Waals surface area contributed by atoms with Crippen LogP contribution in [-0.2, 0) is 0 Å². The van der Waals surface area contributed by atoms with Gasteiger partial charge in [0.1, 0.15) is 0 Å². The summed E-state index contributed by atoms with van der Waals surface area (Å²) >= 11 is 2.22. The highest BCUT2D eigenvalue weighted by Crippen LogP contribution is 2.17. The van der Waals surface area contributed by atoms with E-state index in [-0.39, 0.29) is 0 Å². The van der Waals surface area contributed by atoms with Gasteiger partial charge in [-0.05, 0) is 30.3 Å². The standard InChI is InChI=1S/C40H81S/c1-4-5-6-7-8-9-10-11-12-13-14-15-16-17-18-19-20-21-22-23-24-25-26-29-32-35-38-41-39-36-33-30-27-28-31-34-37-40(2)3/h40H,1,4-39H2,2-3H3. The van der Waals surface area contributed by atoms with Gasteiger partial charge in [0.15, 0.2) is 0 Å². The van der Waals surface area contributed by atoms with Crippen molar-refractivity contribution in [3.8, 4) is 0 Å². The van der Waals surface area contributed by atoms with E-state index in [0.717, 1.165) is 12.3 Å². The van der Waals surface area contributed by atoms with Crippen LogP contribution in [0.25, 0.3) is 0 Å². The van der Waals surface area contributed by atoms with Gasteiger partial charge >= 0.3 is 0 Å². The smallest absolute Gasteiger partial charge is 0.00675 e. The fraction of sp³-hybridized carbons (Fsp3) is 0.975. The van der Waals surface area contributed by atoms with Gasteiger partial charge in [0.2, 0.25) is 0 Å². The largest absolute Gasteiger partial charge is 0.162 e. The van der Waals surface area contributed by atoms with E-state index >= 15 is 0 Å². The third kappa shape index (κ3) is 40.4. The molecule has 0 spiro atoms. The summed E-state index contributed by atoms with van der Waals surface area (Å²) in [5, 5.41) is 0. The first-order valence-electron chi connectivity index (χ1n) is 19.6. The van der Waals surface area contributed by atoms with Crippen molar-refractivity contribution >= 4 is 11.8 Å². The Morgan fingerprint density at radius 1 is 0.317 bits per heavy atom. The van der Waals surface area contributed by atoms with Gasteiger partial charge in [-0.25, -0.2) is 0 Å². The quantitative estimate of drug-likeness (QED) is 0.0645. The molecular weight excluding hydrogens is 513 g/mol. The van der Waals surface area contributed by atoms with Gasteiger partial charge in [-0.2, -0.15) is 11.8 Å². The van der Waals surface area contributed by atoms with Crippen molar-refractivity contribution < 1.29 is 0 Å². The van der Waals surface area contributed by atoms with Gasteiger partial charge in [-0.3, -0.25) is 0 Å². The van der Waals surface area contributed by atoms with Crippen molar-refractivity contribution in [3.63, 3.8) is 0 Å². The van der Waals surface area contributed by atoms with Crippen LogP contribution in [0.1, 0.15) is 232 Å². The van der Waals surface area contributed by atoms with Gasteiger partial charge < -0.3 is 0 Å². The zero-order chi connectivity index (χ0) is 29.7. The molecule has 0 saturated carbocycles. The molecule has 0 aromatic carbocycles. The average Bonchev–Trinajstić information content (AvgIpc) is 2.97. The van der Waals surface area contributed by atoms with E-state index in [1.165, 1.54) is 223 Å². The topological polar surface area (TPSA) is 0 Å². The molecule has 0 aliphatic carbocycles. The monoisotopic (exact) mass is 594 g/mol.